The number of hydrogen-bond donors (Lipinski definition) is 0. The van der Waals surface area contributed by atoms with E-state index in [0.717, 1.165) is 49.7 Å². The molecule has 0 saturated heterocycles. The van der Waals surface area contributed by atoms with Gasteiger partial charge in [-0.15, -0.1) is 0 Å². The molecule has 1 aromatic rings. The molecular weight excluding hydrogens is 462 g/mol. The fourth-order valence-corrected chi connectivity index (χ4v) is 4.99. The summed E-state index contributed by atoms with van der Waals surface area (Å²) < 4.78 is 91.0. The summed E-state index contributed by atoms with van der Waals surface area (Å²) in [5, 5.41) is 0. The highest BCUT2D eigenvalue weighted by atomic mass is 19.4. The molecule has 0 spiro atoms. The van der Waals surface area contributed by atoms with Crippen LogP contribution >= 0.6 is 0 Å². The van der Waals surface area contributed by atoms with E-state index in [0.29, 0.717) is 24.4 Å². The average molecular weight is 495 g/mol. The molecule has 0 radical (unpaired) electrons. The number of methoxy groups -OCH3 is 1. The molecule has 0 N–H and O–H groups in total. The quantitative estimate of drug-likeness (QED) is 0.262. The Morgan fingerprint density at radius 3 is 1.97 bits per heavy atom. The Hall–Kier alpha value is -1.74. The molecule has 1 atom stereocenters. The molecule has 1 aromatic carbocycles. The van der Waals surface area contributed by atoms with Crippen molar-refractivity contribution >= 4 is 6.08 Å². The Morgan fingerprint density at radius 2 is 1.44 bits per heavy atom. The maximum Gasteiger partial charge on any atom is 0.439 e. The minimum Gasteiger partial charge on any atom is -0.430 e. The molecule has 0 bridgehead atoms. The van der Waals surface area contributed by atoms with Gasteiger partial charge in [-0.25, -0.2) is 4.39 Å². The number of halogens is 6. The Balaban J connectivity index is 1.43. The summed E-state index contributed by atoms with van der Waals surface area (Å²) >= 11 is 0. The van der Waals surface area contributed by atoms with E-state index in [9.17, 15) is 26.3 Å². The van der Waals surface area contributed by atoms with Crippen LogP contribution in [0.3, 0.4) is 0 Å². The van der Waals surface area contributed by atoms with Gasteiger partial charge >= 0.3 is 12.3 Å². The molecule has 3 nitrogen and oxygen atoms in total. The third kappa shape index (κ3) is 7.63. The van der Waals surface area contributed by atoms with E-state index in [1.165, 1.54) is 37.8 Å². The first-order valence-corrected chi connectivity index (χ1v) is 11.7. The zero-order chi connectivity index (χ0) is 24.8. The first-order valence-electron chi connectivity index (χ1n) is 11.7. The van der Waals surface area contributed by atoms with E-state index in [1.54, 1.807) is 7.11 Å². The van der Waals surface area contributed by atoms with Gasteiger partial charge in [-0.3, -0.25) is 0 Å². The Morgan fingerprint density at radius 1 is 0.882 bits per heavy atom. The van der Waals surface area contributed by atoms with Crippen LogP contribution in [0.2, 0.25) is 0 Å². The van der Waals surface area contributed by atoms with Crippen LogP contribution in [0.15, 0.2) is 30.3 Å². The highest BCUT2D eigenvalue weighted by Crippen LogP contribution is 2.41. The molecule has 1 unspecified atom stereocenters. The van der Waals surface area contributed by atoms with E-state index >= 15 is 0 Å². The van der Waals surface area contributed by atoms with Crippen LogP contribution in [-0.2, 0) is 9.47 Å². The molecule has 0 amide bonds. The molecule has 2 aliphatic carbocycles. The van der Waals surface area contributed by atoms with Crippen LogP contribution < -0.4 is 4.74 Å². The maximum absolute atomic E-state index is 13.4. The average Bonchev–Trinajstić information content (AvgIpc) is 2.82. The lowest BCUT2D eigenvalue weighted by Gasteiger charge is -2.37. The van der Waals surface area contributed by atoms with Crippen molar-refractivity contribution in [1.82, 2.24) is 0 Å². The van der Waals surface area contributed by atoms with E-state index in [1.807, 2.05) is 6.08 Å². The number of ether oxygens (including phenoxy) is 3. The van der Waals surface area contributed by atoms with E-state index < -0.39 is 24.2 Å². The van der Waals surface area contributed by atoms with E-state index in [4.69, 9.17) is 9.47 Å². The summed E-state index contributed by atoms with van der Waals surface area (Å²) in [6.45, 7) is 0.352. The van der Waals surface area contributed by atoms with Crippen LogP contribution in [0, 0.1) is 17.8 Å². The first-order chi connectivity index (χ1) is 16.1. The molecular formula is C25H32F6O3. The smallest absolute Gasteiger partial charge is 0.430 e. The minimum atomic E-state index is -5.71. The van der Waals surface area contributed by atoms with Crippen LogP contribution in [0.25, 0.3) is 6.08 Å². The lowest BCUT2D eigenvalue weighted by Crippen LogP contribution is -2.45. The van der Waals surface area contributed by atoms with Gasteiger partial charge in [0.1, 0.15) is 12.5 Å². The second-order valence-corrected chi connectivity index (χ2v) is 9.28. The van der Waals surface area contributed by atoms with Gasteiger partial charge in [-0.05, 0) is 86.8 Å². The minimum absolute atomic E-state index is 0.307. The van der Waals surface area contributed by atoms with Gasteiger partial charge in [0, 0.05) is 7.11 Å². The number of hydrogen-bond acceptors (Lipinski definition) is 3. The lowest BCUT2D eigenvalue weighted by molar-refractivity contribution is -0.304. The van der Waals surface area contributed by atoms with Gasteiger partial charge in [0.25, 0.3) is 6.17 Å². The number of rotatable bonds is 9. The van der Waals surface area contributed by atoms with Gasteiger partial charge in [-0.1, -0.05) is 24.3 Å². The van der Waals surface area contributed by atoms with Crippen molar-refractivity contribution in [2.45, 2.75) is 75.9 Å². The number of benzene rings is 1. The van der Waals surface area contributed by atoms with Crippen molar-refractivity contribution in [3.63, 3.8) is 0 Å². The summed E-state index contributed by atoms with van der Waals surface area (Å²) in [6.07, 6.45) is -1.74. The SMILES string of the molecule is COCOC1CCC(C2CCC(C=Cc3ccc(OC(F)(F)C(F)C(F)(F)F)cc3)CC2)CC1. The second-order valence-electron chi connectivity index (χ2n) is 9.28. The van der Waals surface area contributed by atoms with Gasteiger partial charge in [0.2, 0.25) is 0 Å². The topological polar surface area (TPSA) is 27.7 Å². The third-order valence-corrected chi connectivity index (χ3v) is 6.90. The van der Waals surface area contributed by atoms with Crippen LogP contribution in [0.1, 0.15) is 56.9 Å². The number of allylic oxidation sites excluding steroid dienone is 1. The van der Waals surface area contributed by atoms with E-state index in [-0.39, 0.29) is 0 Å². The Bertz CT molecular complexity index is 764. The molecule has 2 saturated carbocycles. The summed E-state index contributed by atoms with van der Waals surface area (Å²) in [4.78, 5) is 0. The fourth-order valence-electron chi connectivity index (χ4n) is 4.99. The van der Waals surface area contributed by atoms with Crippen LogP contribution in [0.5, 0.6) is 5.75 Å². The highest BCUT2D eigenvalue weighted by molar-refractivity contribution is 5.50. The van der Waals surface area contributed by atoms with Crippen molar-refractivity contribution in [2.24, 2.45) is 17.8 Å². The second kappa shape index (κ2) is 11.8. The van der Waals surface area contributed by atoms with Gasteiger partial charge in [-0.2, -0.15) is 22.0 Å². The zero-order valence-corrected chi connectivity index (χ0v) is 19.2. The standard InChI is InChI=1S/C25H32F6O3/c1-32-16-33-21-14-10-20(11-15-21)19-8-4-17(5-9-19)2-3-18-6-12-22(13-7-18)34-25(30,31)23(26)24(27,28)29/h2-3,6-7,12-13,17,19-21,23H,4-5,8-11,14-16H2,1H3. The zero-order valence-electron chi connectivity index (χ0n) is 19.2. The maximum atomic E-state index is 13.4. The van der Waals surface area contributed by atoms with Crippen LogP contribution in [-0.4, -0.2) is 38.5 Å². The Labute approximate surface area is 196 Å². The molecule has 0 heterocycles. The summed E-state index contributed by atoms with van der Waals surface area (Å²) in [7, 11) is 1.63. The van der Waals surface area contributed by atoms with Crippen molar-refractivity contribution in [2.75, 3.05) is 13.9 Å². The lowest BCUT2D eigenvalue weighted by atomic mass is 9.70. The van der Waals surface area contributed by atoms with Crippen LogP contribution in [0.4, 0.5) is 26.3 Å². The van der Waals surface area contributed by atoms with Crippen molar-refractivity contribution in [3.8, 4) is 5.75 Å². The summed E-state index contributed by atoms with van der Waals surface area (Å²) in [6, 6.07) is 5.14. The molecule has 2 aliphatic rings. The summed E-state index contributed by atoms with van der Waals surface area (Å²) in [5.41, 5.74) is 0.708. The fraction of sp³-hybridized carbons (Fsp3) is 0.680. The van der Waals surface area contributed by atoms with Gasteiger partial charge < -0.3 is 14.2 Å². The summed E-state index contributed by atoms with van der Waals surface area (Å²) in [5.74, 6) is 1.38. The Kier molecular flexibility index (Phi) is 9.32. The number of alkyl halides is 6. The predicted molar refractivity (Wildman–Crippen MR) is 116 cm³/mol. The van der Waals surface area contributed by atoms with Gasteiger partial charge in [0.05, 0.1) is 6.10 Å². The molecule has 34 heavy (non-hydrogen) atoms. The van der Waals surface area contributed by atoms with E-state index in [2.05, 4.69) is 10.8 Å². The molecule has 0 aromatic heterocycles. The molecule has 3 rings (SSSR count). The molecule has 0 aliphatic heterocycles. The normalized spacial score (nSPS) is 27.6. The predicted octanol–water partition coefficient (Wildman–Crippen LogP) is 7.56. The molecule has 192 valence electrons. The monoisotopic (exact) mass is 494 g/mol. The first kappa shape index (κ1) is 26.9. The van der Waals surface area contributed by atoms with Gasteiger partial charge in [0.15, 0.2) is 0 Å². The molecule has 2 fully saturated rings. The van der Waals surface area contributed by atoms with Crippen molar-refractivity contribution in [3.05, 3.63) is 35.9 Å². The van der Waals surface area contributed by atoms with Crippen molar-refractivity contribution < 1.29 is 40.6 Å². The highest BCUT2D eigenvalue weighted by Gasteiger charge is 2.59. The molecule has 9 heteroatoms. The largest absolute Gasteiger partial charge is 0.439 e. The third-order valence-electron chi connectivity index (χ3n) is 6.90. The van der Waals surface area contributed by atoms with Crippen molar-refractivity contribution in [1.29, 1.82) is 0 Å².